The van der Waals surface area contributed by atoms with Gasteiger partial charge in [0.1, 0.15) is 0 Å². The van der Waals surface area contributed by atoms with Gasteiger partial charge in [0.15, 0.2) is 0 Å². The van der Waals surface area contributed by atoms with E-state index in [-0.39, 0.29) is 0 Å². The molecule has 0 bridgehead atoms. The van der Waals surface area contributed by atoms with Crippen LogP contribution in [0.15, 0.2) is 24.3 Å². The topological polar surface area (TPSA) is 32.5 Å². The number of benzene rings is 1. The van der Waals surface area contributed by atoms with Crippen molar-refractivity contribution in [1.82, 2.24) is 4.90 Å². The summed E-state index contributed by atoms with van der Waals surface area (Å²) in [5, 5.41) is 0. The molecule has 1 unspecified atom stereocenters. The molecular weight excluding hydrogens is 210 g/mol. The number of hydrogen-bond donors (Lipinski definition) is 1. The summed E-state index contributed by atoms with van der Waals surface area (Å²) in [4.78, 5) is 4.97. The Hall–Kier alpha value is -1.22. The van der Waals surface area contributed by atoms with Gasteiger partial charge < -0.3 is 15.5 Å². The van der Waals surface area contributed by atoms with Gasteiger partial charge in [-0.15, -0.1) is 0 Å². The van der Waals surface area contributed by atoms with E-state index in [2.05, 4.69) is 35.9 Å². The third-order valence-electron chi connectivity index (χ3n) is 3.60. The number of nitrogen functional groups attached to an aromatic ring is 1. The minimum atomic E-state index is 0.617. The highest BCUT2D eigenvalue weighted by Gasteiger charge is 2.21. The first kappa shape index (κ1) is 12.2. The number of rotatable bonds is 2. The predicted octanol–water partition coefficient (Wildman–Crippen LogP) is 2.19. The second-order valence-electron chi connectivity index (χ2n) is 4.96. The molecule has 3 heteroatoms. The Morgan fingerprint density at radius 3 is 2.59 bits per heavy atom. The zero-order valence-corrected chi connectivity index (χ0v) is 10.9. The fourth-order valence-corrected chi connectivity index (χ4v) is 2.60. The monoisotopic (exact) mass is 233 g/mol. The summed E-state index contributed by atoms with van der Waals surface area (Å²) in [6.07, 6.45) is 2.42. The molecular formula is C14H23N3. The van der Waals surface area contributed by atoms with Crippen molar-refractivity contribution in [3.63, 3.8) is 0 Å². The molecule has 17 heavy (non-hydrogen) atoms. The van der Waals surface area contributed by atoms with E-state index in [0.29, 0.717) is 6.04 Å². The number of nitrogens with zero attached hydrogens (tertiary/aromatic N) is 2. The van der Waals surface area contributed by atoms with Crippen LogP contribution in [0.3, 0.4) is 0 Å². The molecule has 1 aromatic carbocycles. The molecule has 2 rings (SSSR count). The largest absolute Gasteiger partial charge is 0.399 e. The van der Waals surface area contributed by atoms with Crippen LogP contribution in [0, 0.1) is 0 Å². The van der Waals surface area contributed by atoms with Crippen molar-refractivity contribution in [2.24, 2.45) is 0 Å². The highest BCUT2D eigenvalue weighted by atomic mass is 15.2. The molecule has 94 valence electrons. The maximum Gasteiger partial charge on any atom is 0.0414 e. The lowest BCUT2D eigenvalue weighted by Crippen LogP contribution is -2.39. The molecule has 3 nitrogen and oxygen atoms in total. The Labute approximate surface area is 104 Å². The van der Waals surface area contributed by atoms with Crippen LogP contribution >= 0.6 is 0 Å². The summed E-state index contributed by atoms with van der Waals surface area (Å²) in [5.41, 5.74) is 7.90. The van der Waals surface area contributed by atoms with Gasteiger partial charge in [0.25, 0.3) is 0 Å². The molecule has 1 atom stereocenters. The van der Waals surface area contributed by atoms with E-state index in [1.807, 2.05) is 12.1 Å². The summed E-state index contributed by atoms with van der Waals surface area (Å²) in [5.74, 6) is 0. The van der Waals surface area contributed by atoms with E-state index >= 15 is 0 Å². The van der Waals surface area contributed by atoms with E-state index in [0.717, 1.165) is 18.8 Å². The molecule has 0 saturated carbocycles. The average Bonchev–Trinajstić information content (AvgIpc) is 2.52. The van der Waals surface area contributed by atoms with Crippen LogP contribution in [0.4, 0.5) is 11.4 Å². The van der Waals surface area contributed by atoms with E-state index in [1.165, 1.54) is 25.1 Å². The third kappa shape index (κ3) is 2.91. The normalized spacial score (nSPS) is 22.5. The molecule has 1 aromatic rings. The Kier molecular flexibility index (Phi) is 3.89. The molecule has 0 aromatic heterocycles. The zero-order chi connectivity index (χ0) is 12.3. The van der Waals surface area contributed by atoms with Gasteiger partial charge in [0, 0.05) is 30.5 Å². The number of anilines is 2. The highest BCUT2D eigenvalue weighted by molar-refractivity contribution is 5.53. The summed E-state index contributed by atoms with van der Waals surface area (Å²) in [6.45, 7) is 5.77. The van der Waals surface area contributed by atoms with Crippen LogP contribution in [-0.2, 0) is 0 Å². The van der Waals surface area contributed by atoms with Gasteiger partial charge in [-0.3, -0.25) is 0 Å². The van der Waals surface area contributed by atoms with Gasteiger partial charge in [0.2, 0.25) is 0 Å². The van der Waals surface area contributed by atoms with Crippen molar-refractivity contribution in [3.05, 3.63) is 24.3 Å². The molecule has 2 N–H and O–H groups in total. The molecule has 0 radical (unpaired) electrons. The Bertz CT molecular complexity index is 347. The summed E-state index contributed by atoms with van der Waals surface area (Å²) in [7, 11) is 2.22. The smallest absolute Gasteiger partial charge is 0.0414 e. The number of nitrogens with two attached hydrogens (primary N) is 1. The molecule has 0 spiro atoms. The van der Waals surface area contributed by atoms with Crippen LogP contribution < -0.4 is 10.6 Å². The van der Waals surface area contributed by atoms with Gasteiger partial charge in [-0.05, 0) is 50.7 Å². The van der Waals surface area contributed by atoms with Crippen molar-refractivity contribution < 1.29 is 0 Å². The van der Waals surface area contributed by atoms with Crippen molar-refractivity contribution in [1.29, 1.82) is 0 Å². The minimum Gasteiger partial charge on any atom is -0.399 e. The van der Waals surface area contributed by atoms with Gasteiger partial charge in [-0.1, -0.05) is 6.92 Å². The van der Waals surface area contributed by atoms with Crippen LogP contribution in [0.2, 0.25) is 0 Å². The fraction of sp³-hybridized carbons (Fsp3) is 0.571. The summed E-state index contributed by atoms with van der Waals surface area (Å²) < 4.78 is 0. The van der Waals surface area contributed by atoms with E-state index in [9.17, 15) is 0 Å². The molecule has 0 aliphatic carbocycles. The van der Waals surface area contributed by atoms with Crippen LogP contribution in [0.5, 0.6) is 0 Å². The Balaban J connectivity index is 2.19. The average molecular weight is 233 g/mol. The first-order chi connectivity index (χ1) is 8.20. The first-order valence-corrected chi connectivity index (χ1v) is 6.51. The van der Waals surface area contributed by atoms with E-state index in [4.69, 9.17) is 5.73 Å². The van der Waals surface area contributed by atoms with Crippen molar-refractivity contribution >= 4 is 11.4 Å². The Morgan fingerprint density at radius 1 is 1.24 bits per heavy atom. The SMILES string of the molecule is CCC1CN(C)CCCN1c1ccc(N)cc1. The molecule has 1 aliphatic rings. The van der Waals surface area contributed by atoms with Crippen molar-refractivity contribution in [3.8, 4) is 0 Å². The number of hydrogen-bond acceptors (Lipinski definition) is 3. The lowest BCUT2D eigenvalue weighted by atomic mass is 10.1. The minimum absolute atomic E-state index is 0.617. The molecule has 1 saturated heterocycles. The quantitative estimate of drug-likeness (QED) is 0.795. The lowest BCUT2D eigenvalue weighted by Gasteiger charge is -2.32. The number of likely N-dealkylation sites (N-methyl/N-ethyl adjacent to an activating group) is 1. The molecule has 1 fully saturated rings. The van der Waals surface area contributed by atoms with Crippen LogP contribution in [0.1, 0.15) is 19.8 Å². The predicted molar refractivity (Wildman–Crippen MR) is 74.4 cm³/mol. The second kappa shape index (κ2) is 5.41. The highest BCUT2D eigenvalue weighted by Crippen LogP contribution is 2.22. The lowest BCUT2D eigenvalue weighted by molar-refractivity contribution is 0.328. The van der Waals surface area contributed by atoms with Crippen molar-refractivity contribution in [2.75, 3.05) is 37.3 Å². The van der Waals surface area contributed by atoms with E-state index in [1.54, 1.807) is 0 Å². The first-order valence-electron chi connectivity index (χ1n) is 6.51. The van der Waals surface area contributed by atoms with Gasteiger partial charge in [-0.2, -0.15) is 0 Å². The van der Waals surface area contributed by atoms with Crippen LogP contribution in [0.25, 0.3) is 0 Å². The summed E-state index contributed by atoms with van der Waals surface area (Å²) in [6, 6.07) is 8.89. The van der Waals surface area contributed by atoms with Crippen molar-refractivity contribution in [2.45, 2.75) is 25.8 Å². The molecule has 1 heterocycles. The van der Waals surface area contributed by atoms with Gasteiger partial charge in [0.05, 0.1) is 0 Å². The standard InChI is InChI=1S/C14H23N3/c1-3-13-11-16(2)9-4-10-17(13)14-7-5-12(15)6-8-14/h5-8,13H,3-4,9-11,15H2,1-2H3. The van der Waals surface area contributed by atoms with Gasteiger partial charge in [-0.25, -0.2) is 0 Å². The maximum atomic E-state index is 5.75. The summed E-state index contributed by atoms with van der Waals surface area (Å²) >= 11 is 0. The van der Waals surface area contributed by atoms with E-state index < -0.39 is 0 Å². The van der Waals surface area contributed by atoms with Crippen LogP contribution in [-0.4, -0.2) is 37.6 Å². The maximum absolute atomic E-state index is 5.75. The Morgan fingerprint density at radius 2 is 1.94 bits per heavy atom. The zero-order valence-electron chi connectivity index (χ0n) is 10.9. The molecule has 1 aliphatic heterocycles. The molecule has 0 amide bonds. The second-order valence-corrected chi connectivity index (χ2v) is 4.96. The third-order valence-corrected chi connectivity index (χ3v) is 3.60. The fourth-order valence-electron chi connectivity index (χ4n) is 2.60. The van der Waals surface area contributed by atoms with Gasteiger partial charge >= 0.3 is 0 Å².